The number of piperidine rings is 1. The first kappa shape index (κ1) is 29.5. The minimum atomic E-state index is -0.594. The lowest BCUT2D eigenvalue weighted by atomic mass is 9.95. The smallest absolute Gasteiger partial charge is 0.341 e. The Bertz CT molecular complexity index is 2070. The van der Waals surface area contributed by atoms with E-state index < -0.39 is 5.97 Å². The highest BCUT2D eigenvalue weighted by atomic mass is 16.5. The third-order valence-electron chi connectivity index (χ3n) is 10.6. The zero-order chi connectivity index (χ0) is 32.6. The summed E-state index contributed by atoms with van der Waals surface area (Å²) in [4.78, 5) is 38.1. The van der Waals surface area contributed by atoms with Crippen LogP contribution in [-0.4, -0.2) is 68.3 Å². The molecule has 1 aliphatic heterocycles. The van der Waals surface area contributed by atoms with Crippen molar-refractivity contribution >= 4 is 33.9 Å². The minimum Gasteiger partial charge on any atom is -0.507 e. The normalized spacial score (nSPS) is 20.7. The molecule has 10 nitrogen and oxygen atoms in total. The Labute approximate surface area is 272 Å². The lowest BCUT2D eigenvalue weighted by molar-refractivity contribution is 0.0596. The van der Waals surface area contributed by atoms with Gasteiger partial charge < -0.3 is 28.6 Å². The van der Waals surface area contributed by atoms with Crippen LogP contribution >= 0.6 is 0 Å². The van der Waals surface area contributed by atoms with Crippen LogP contribution < -0.4 is 4.74 Å². The summed E-state index contributed by atoms with van der Waals surface area (Å²) in [7, 11) is 4.92. The van der Waals surface area contributed by atoms with Gasteiger partial charge >= 0.3 is 5.97 Å². The predicted octanol–water partition coefficient (Wildman–Crippen LogP) is 6.29. The van der Waals surface area contributed by atoms with Crippen molar-refractivity contribution in [1.29, 1.82) is 0 Å². The lowest BCUT2D eigenvalue weighted by Gasteiger charge is -2.32. The number of aryl methyl sites for hydroxylation is 1. The number of imidazole rings is 1. The van der Waals surface area contributed by atoms with Crippen molar-refractivity contribution in [2.24, 2.45) is 30.7 Å². The van der Waals surface area contributed by atoms with E-state index in [-0.39, 0.29) is 17.2 Å². The van der Waals surface area contributed by atoms with Gasteiger partial charge in [0.05, 0.1) is 31.1 Å². The molecule has 242 valence electrons. The third-order valence-corrected chi connectivity index (χ3v) is 10.6. The average molecular weight is 634 g/mol. The fourth-order valence-corrected chi connectivity index (χ4v) is 7.91. The number of carbonyl (C=O) groups excluding carboxylic acids is 2. The summed E-state index contributed by atoms with van der Waals surface area (Å²) in [6.07, 6.45) is 4.77. The highest BCUT2D eigenvalue weighted by Crippen LogP contribution is 2.42. The van der Waals surface area contributed by atoms with Crippen molar-refractivity contribution in [3.05, 3.63) is 59.7 Å². The molecule has 3 aliphatic rings. The van der Waals surface area contributed by atoms with Crippen LogP contribution in [0.2, 0.25) is 0 Å². The number of carbonyl (C=O) groups is 2. The van der Waals surface area contributed by atoms with E-state index >= 15 is 0 Å². The fraction of sp³-hybridized carbons (Fsp3) is 0.405. The van der Waals surface area contributed by atoms with Gasteiger partial charge in [-0.2, -0.15) is 0 Å². The van der Waals surface area contributed by atoms with Gasteiger partial charge in [0, 0.05) is 43.2 Å². The molecule has 3 fully saturated rings. The molecule has 5 aromatic rings. The molecule has 2 unspecified atom stereocenters. The number of pyridine rings is 1. The molecule has 4 heterocycles. The van der Waals surface area contributed by atoms with Crippen molar-refractivity contribution in [1.82, 2.24) is 24.0 Å². The predicted molar refractivity (Wildman–Crippen MR) is 178 cm³/mol. The summed E-state index contributed by atoms with van der Waals surface area (Å²) >= 11 is 0. The van der Waals surface area contributed by atoms with Crippen LogP contribution in [0.15, 0.2) is 48.5 Å². The Morgan fingerprint density at radius 1 is 1.00 bits per heavy atom. The maximum atomic E-state index is 13.8. The van der Waals surface area contributed by atoms with Gasteiger partial charge in [0.15, 0.2) is 5.82 Å². The molecule has 10 heteroatoms. The van der Waals surface area contributed by atoms with E-state index in [0.29, 0.717) is 46.2 Å². The zero-order valence-electron chi connectivity index (χ0n) is 27.2. The van der Waals surface area contributed by atoms with Crippen molar-refractivity contribution in [3.63, 3.8) is 0 Å². The number of methoxy groups -OCH3 is 2. The maximum Gasteiger partial charge on any atom is 0.341 e. The van der Waals surface area contributed by atoms with Gasteiger partial charge in [-0.3, -0.25) is 4.79 Å². The summed E-state index contributed by atoms with van der Waals surface area (Å²) < 4.78 is 14.9. The number of hydrogen-bond donors (Lipinski definition) is 1. The molecular weight excluding hydrogens is 594 g/mol. The monoisotopic (exact) mass is 633 g/mol. The number of phenols is 1. The molecule has 0 radical (unpaired) electrons. The number of aromatic nitrogens is 4. The van der Waals surface area contributed by atoms with E-state index in [4.69, 9.17) is 19.4 Å². The number of benzene rings is 2. The maximum absolute atomic E-state index is 13.8. The molecule has 0 spiro atoms. The summed E-state index contributed by atoms with van der Waals surface area (Å²) in [6, 6.07) is 14.7. The second-order valence-electron chi connectivity index (χ2n) is 13.7. The summed E-state index contributed by atoms with van der Waals surface area (Å²) in [5.74, 6) is 3.10. The first-order chi connectivity index (χ1) is 22.7. The summed E-state index contributed by atoms with van der Waals surface area (Å²) in [6.45, 7) is 4.76. The number of hydrogen-bond acceptors (Lipinski definition) is 7. The number of fused-ring (bicyclic) bond motifs is 4. The number of esters is 1. The van der Waals surface area contributed by atoms with E-state index in [0.717, 1.165) is 53.2 Å². The van der Waals surface area contributed by atoms with Crippen LogP contribution in [0.4, 0.5) is 0 Å². The molecule has 3 atom stereocenters. The first-order valence-electron chi connectivity index (χ1n) is 16.5. The minimum absolute atomic E-state index is 0.0476. The fourth-order valence-electron chi connectivity index (χ4n) is 7.91. The van der Waals surface area contributed by atoms with Crippen molar-refractivity contribution in [2.45, 2.75) is 39.2 Å². The molecule has 2 bridgehead atoms. The van der Waals surface area contributed by atoms with E-state index in [2.05, 4.69) is 17.6 Å². The zero-order valence-corrected chi connectivity index (χ0v) is 27.2. The van der Waals surface area contributed by atoms with E-state index in [1.807, 2.05) is 40.8 Å². The highest BCUT2D eigenvalue weighted by molar-refractivity contribution is 6.00. The topological polar surface area (TPSA) is 112 Å². The van der Waals surface area contributed by atoms with Crippen LogP contribution in [0.25, 0.3) is 44.8 Å². The van der Waals surface area contributed by atoms with Gasteiger partial charge in [0.2, 0.25) is 0 Å². The average Bonchev–Trinajstić information content (AvgIpc) is 3.67. The number of nitrogens with zero attached hydrogens (tertiary/aromatic N) is 5. The second-order valence-corrected chi connectivity index (χ2v) is 13.7. The quantitative estimate of drug-likeness (QED) is 0.210. The van der Waals surface area contributed by atoms with E-state index in [1.54, 1.807) is 25.3 Å². The molecule has 2 saturated carbocycles. The third kappa shape index (κ3) is 5.01. The number of ether oxygens (including phenoxy) is 2. The SMILES string of the molecule is COC(=O)c1ccc(-c2ccc3cc(-c4nc5cc(C(=O)N6CC7CC(C6)[C@@H](C)C7)cc(OC)c5n4C)n(CC4CC4)c3n2)cc1O. The molecule has 2 aromatic carbocycles. The number of likely N-dealkylation sites (tertiary alicyclic amines) is 1. The highest BCUT2D eigenvalue weighted by Gasteiger charge is 2.39. The van der Waals surface area contributed by atoms with E-state index in [1.165, 1.54) is 32.8 Å². The number of aromatic hydroxyl groups is 1. The molecule has 1 N–H and O–H groups in total. The summed E-state index contributed by atoms with van der Waals surface area (Å²) in [5, 5.41) is 11.5. The summed E-state index contributed by atoms with van der Waals surface area (Å²) in [5.41, 5.74) is 5.41. The van der Waals surface area contributed by atoms with Crippen LogP contribution in [0, 0.1) is 23.7 Å². The van der Waals surface area contributed by atoms with Gasteiger partial charge in [-0.15, -0.1) is 0 Å². The van der Waals surface area contributed by atoms with Crippen LogP contribution in [0.3, 0.4) is 0 Å². The number of rotatable bonds is 7. The molecular formula is C37H39N5O5. The first-order valence-corrected chi connectivity index (χ1v) is 16.5. The van der Waals surface area contributed by atoms with Crippen molar-refractivity contribution in [3.8, 4) is 34.3 Å². The Morgan fingerprint density at radius 3 is 2.55 bits per heavy atom. The van der Waals surface area contributed by atoms with Crippen LogP contribution in [0.1, 0.15) is 53.3 Å². The molecule has 2 aliphatic carbocycles. The molecule has 47 heavy (non-hydrogen) atoms. The standard InChI is InChI=1S/C37H39N5O5/c1-20-11-22-12-26(20)19-41(17-22)36(44)25-13-29-33(32(16-25)46-3)40(2)35(39-29)30-14-24-8-10-28(38-34(24)42(30)18-21-5-6-21)23-7-9-27(31(43)15-23)37(45)47-4/h7-10,13-16,20-22,26,43H,5-6,11-12,17-19H2,1-4H3/t20-,22?,26?/m0/s1. The molecule has 3 aromatic heterocycles. The largest absolute Gasteiger partial charge is 0.507 e. The number of phenolic OH excluding ortho intramolecular Hbond substituents is 1. The molecule has 8 rings (SSSR count). The number of amides is 1. The van der Waals surface area contributed by atoms with Gasteiger partial charge in [-0.05, 0) is 91.8 Å². The van der Waals surface area contributed by atoms with Crippen molar-refractivity contribution in [2.75, 3.05) is 27.3 Å². The Morgan fingerprint density at radius 2 is 1.83 bits per heavy atom. The van der Waals surface area contributed by atoms with Gasteiger partial charge in [-0.1, -0.05) is 13.0 Å². The van der Waals surface area contributed by atoms with Crippen molar-refractivity contribution < 1.29 is 24.2 Å². The molecule has 1 saturated heterocycles. The van der Waals surface area contributed by atoms with Gasteiger partial charge in [0.25, 0.3) is 5.91 Å². The van der Waals surface area contributed by atoms with Crippen LogP contribution in [-0.2, 0) is 18.3 Å². The van der Waals surface area contributed by atoms with E-state index in [9.17, 15) is 14.7 Å². The Hall–Kier alpha value is -4.86. The Balaban J connectivity index is 1.20. The second kappa shape index (κ2) is 11.1. The van der Waals surface area contributed by atoms with Crippen LogP contribution in [0.5, 0.6) is 11.5 Å². The molecule has 1 amide bonds. The Kier molecular flexibility index (Phi) is 7.00. The van der Waals surface area contributed by atoms with Gasteiger partial charge in [0.1, 0.15) is 28.2 Å². The van der Waals surface area contributed by atoms with Gasteiger partial charge in [-0.25, -0.2) is 14.8 Å². The lowest BCUT2D eigenvalue weighted by Crippen LogP contribution is -2.41.